The lowest BCUT2D eigenvalue weighted by Crippen LogP contribution is -2.26. The van der Waals surface area contributed by atoms with Crippen LogP contribution in [-0.2, 0) is 16.0 Å². The molecule has 3 nitrogen and oxygen atoms in total. The zero-order valence-electron chi connectivity index (χ0n) is 19.6. The predicted octanol–water partition coefficient (Wildman–Crippen LogP) is 6.84. The minimum atomic E-state index is -0.255. The third-order valence-corrected chi connectivity index (χ3v) is 6.68. The molecule has 172 valence electrons. The first-order valence-electron chi connectivity index (χ1n) is 11.4. The summed E-state index contributed by atoms with van der Waals surface area (Å²) >= 11 is 1.69. The lowest BCUT2D eigenvalue weighted by atomic mass is 10.0. The second-order valence-electron chi connectivity index (χ2n) is 8.39. The van der Waals surface area contributed by atoms with Gasteiger partial charge in [-0.3, -0.25) is 4.79 Å². The van der Waals surface area contributed by atoms with E-state index in [0.717, 1.165) is 29.1 Å². The predicted molar refractivity (Wildman–Crippen MR) is 141 cm³/mol. The van der Waals surface area contributed by atoms with Crippen molar-refractivity contribution < 1.29 is 9.53 Å². The van der Waals surface area contributed by atoms with Crippen LogP contribution in [0.3, 0.4) is 0 Å². The molecule has 0 aliphatic carbocycles. The summed E-state index contributed by atoms with van der Waals surface area (Å²) in [6, 6.07) is 18.7. The molecule has 3 rings (SSSR count). The molecule has 0 aromatic heterocycles. The Morgan fingerprint density at radius 1 is 1.12 bits per heavy atom. The van der Waals surface area contributed by atoms with Crippen LogP contribution in [0.15, 0.2) is 102 Å². The average Bonchev–Trinajstić information content (AvgIpc) is 3.10. The van der Waals surface area contributed by atoms with Crippen molar-refractivity contribution in [3.05, 3.63) is 108 Å². The summed E-state index contributed by atoms with van der Waals surface area (Å²) in [5.41, 5.74) is 4.67. The van der Waals surface area contributed by atoms with E-state index in [1.54, 1.807) is 11.8 Å². The largest absolute Gasteiger partial charge is 0.496 e. The normalized spacial score (nSPS) is 18.1. The highest BCUT2D eigenvalue weighted by Crippen LogP contribution is 2.46. The fraction of sp³-hybridized carbons (Fsp3) is 0.276. The monoisotopic (exact) mass is 459 g/mol. The molecule has 0 radical (unpaired) electrons. The van der Waals surface area contributed by atoms with Crippen molar-refractivity contribution in [1.29, 1.82) is 0 Å². The molecule has 1 aliphatic rings. The molecule has 33 heavy (non-hydrogen) atoms. The smallest absolute Gasteiger partial charge is 0.220 e. The highest BCUT2D eigenvalue weighted by Gasteiger charge is 2.35. The maximum Gasteiger partial charge on any atom is 0.220 e. The van der Waals surface area contributed by atoms with E-state index in [-0.39, 0.29) is 10.7 Å². The molecule has 1 N–H and O–H groups in total. The van der Waals surface area contributed by atoms with E-state index in [1.807, 2.05) is 37.3 Å². The summed E-state index contributed by atoms with van der Waals surface area (Å²) in [6.07, 6.45) is 7.97. The zero-order chi connectivity index (χ0) is 23.7. The minimum Gasteiger partial charge on any atom is -0.496 e. The van der Waals surface area contributed by atoms with Crippen molar-refractivity contribution in [1.82, 2.24) is 5.32 Å². The Bertz CT molecular complexity index is 1040. The first kappa shape index (κ1) is 24.7. The maximum absolute atomic E-state index is 12.2. The van der Waals surface area contributed by atoms with E-state index < -0.39 is 0 Å². The topological polar surface area (TPSA) is 38.3 Å². The van der Waals surface area contributed by atoms with Crippen LogP contribution in [0, 0.1) is 0 Å². The van der Waals surface area contributed by atoms with Gasteiger partial charge in [0.2, 0.25) is 5.91 Å². The molecule has 1 aliphatic heterocycles. The molecule has 4 heteroatoms. The number of carbonyl (C=O) groups excluding carboxylic acids is 1. The van der Waals surface area contributed by atoms with Gasteiger partial charge in [-0.15, -0.1) is 11.8 Å². The molecule has 0 saturated heterocycles. The number of rotatable bonds is 11. The van der Waals surface area contributed by atoms with Crippen LogP contribution in [0.5, 0.6) is 0 Å². The number of hydrogen-bond donors (Lipinski definition) is 1. The number of amides is 1. The van der Waals surface area contributed by atoms with E-state index in [2.05, 4.69) is 67.9 Å². The van der Waals surface area contributed by atoms with Gasteiger partial charge < -0.3 is 10.1 Å². The average molecular weight is 460 g/mol. The number of hydrogen-bond acceptors (Lipinski definition) is 3. The SMILES string of the molecule is C=C/C(C)=C/C1(C)SC(=C)C=C1OCCCNC(=O)CCc1ccc(-c2ccccc2)cc1. The number of nitrogens with one attached hydrogen (secondary N) is 1. The fourth-order valence-electron chi connectivity index (χ4n) is 3.74. The fourth-order valence-corrected chi connectivity index (χ4v) is 4.92. The molecule has 0 fully saturated rings. The quantitative estimate of drug-likeness (QED) is 0.295. The molecule has 0 bridgehead atoms. The maximum atomic E-state index is 12.2. The van der Waals surface area contributed by atoms with Crippen LogP contribution in [0.25, 0.3) is 11.1 Å². The molecule has 1 atom stereocenters. The Morgan fingerprint density at radius 2 is 1.82 bits per heavy atom. The molecule has 1 heterocycles. The molecule has 2 aromatic carbocycles. The zero-order valence-corrected chi connectivity index (χ0v) is 20.4. The second-order valence-corrected chi connectivity index (χ2v) is 9.97. The van der Waals surface area contributed by atoms with Crippen LogP contribution in [0.4, 0.5) is 0 Å². The van der Waals surface area contributed by atoms with Gasteiger partial charge >= 0.3 is 0 Å². The summed E-state index contributed by atoms with van der Waals surface area (Å²) < 4.78 is 5.79. The van der Waals surface area contributed by atoms with Crippen molar-refractivity contribution in [3.63, 3.8) is 0 Å². The summed E-state index contributed by atoms with van der Waals surface area (Å²) in [6.45, 7) is 13.2. The summed E-state index contributed by atoms with van der Waals surface area (Å²) in [5.74, 6) is 0.976. The standard InChI is InChI=1S/C29H33NO2S/c1-5-22(2)21-29(4)27(20-23(3)33-29)32-19-9-18-30-28(31)17-14-24-12-15-26(16-13-24)25-10-7-6-8-11-25/h5-8,10-13,15-16,20-21H,1,3,9,14,17-19H2,2,4H3,(H,30,31)/b22-21+. The van der Waals surface area contributed by atoms with Crippen LogP contribution < -0.4 is 5.32 Å². The number of carbonyl (C=O) groups is 1. The summed E-state index contributed by atoms with van der Waals surface area (Å²) in [7, 11) is 0. The van der Waals surface area contributed by atoms with E-state index in [0.29, 0.717) is 19.6 Å². The van der Waals surface area contributed by atoms with Gasteiger partial charge in [-0.25, -0.2) is 0 Å². The van der Waals surface area contributed by atoms with Crippen molar-refractivity contribution in [2.45, 2.75) is 37.9 Å². The van der Waals surface area contributed by atoms with Gasteiger partial charge in [0, 0.05) is 17.9 Å². The first-order valence-corrected chi connectivity index (χ1v) is 12.2. The van der Waals surface area contributed by atoms with Gasteiger partial charge in [-0.2, -0.15) is 0 Å². The van der Waals surface area contributed by atoms with Gasteiger partial charge in [0.1, 0.15) is 5.76 Å². The van der Waals surface area contributed by atoms with E-state index in [9.17, 15) is 4.79 Å². The minimum absolute atomic E-state index is 0.0699. The van der Waals surface area contributed by atoms with Gasteiger partial charge in [-0.1, -0.05) is 85.5 Å². The number of ether oxygens (including phenoxy) is 1. The lowest BCUT2D eigenvalue weighted by Gasteiger charge is -2.24. The highest BCUT2D eigenvalue weighted by atomic mass is 32.2. The summed E-state index contributed by atoms with van der Waals surface area (Å²) in [5, 5.41) is 3.00. The Kier molecular flexibility index (Phi) is 8.79. The third-order valence-electron chi connectivity index (χ3n) is 5.55. The Hall–Kier alpha value is -2.98. The van der Waals surface area contributed by atoms with E-state index in [4.69, 9.17) is 4.74 Å². The third kappa shape index (κ3) is 7.26. The van der Waals surface area contributed by atoms with Crippen molar-refractivity contribution >= 4 is 17.7 Å². The number of thioether (sulfide) groups is 1. The van der Waals surface area contributed by atoms with E-state index in [1.165, 1.54) is 16.7 Å². The molecule has 1 amide bonds. The Morgan fingerprint density at radius 3 is 2.52 bits per heavy atom. The molecule has 1 unspecified atom stereocenters. The van der Waals surface area contributed by atoms with Crippen LogP contribution in [0.1, 0.15) is 32.3 Å². The van der Waals surface area contributed by atoms with Crippen LogP contribution in [0.2, 0.25) is 0 Å². The van der Waals surface area contributed by atoms with Crippen molar-refractivity contribution in [3.8, 4) is 11.1 Å². The number of allylic oxidation sites excluding steroid dienone is 3. The molecule has 2 aromatic rings. The Balaban J connectivity index is 1.37. The molecule has 0 spiro atoms. The molecule has 0 saturated carbocycles. The number of aryl methyl sites for hydroxylation is 1. The highest BCUT2D eigenvalue weighted by molar-refractivity contribution is 8.05. The van der Waals surface area contributed by atoms with Crippen molar-refractivity contribution in [2.24, 2.45) is 0 Å². The van der Waals surface area contributed by atoms with Crippen LogP contribution >= 0.6 is 11.8 Å². The van der Waals surface area contributed by atoms with Gasteiger partial charge in [-0.05, 0) is 49.5 Å². The molecular formula is C29H33NO2S. The Labute approximate surface area is 202 Å². The van der Waals surface area contributed by atoms with Crippen molar-refractivity contribution in [2.75, 3.05) is 13.2 Å². The molecular weight excluding hydrogens is 426 g/mol. The number of benzene rings is 2. The summed E-state index contributed by atoms with van der Waals surface area (Å²) in [4.78, 5) is 13.2. The lowest BCUT2D eigenvalue weighted by molar-refractivity contribution is -0.121. The second kappa shape index (κ2) is 11.8. The van der Waals surface area contributed by atoms with Crippen LogP contribution in [-0.4, -0.2) is 23.8 Å². The van der Waals surface area contributed by atoms with E-state index >= 15 is 0 Å². The first-order chi connectivity index (χ1) is 15.9. The van der Waals surface area contributed by atoms with Gasteiger partial charge in [0.25, 0.3) is 0 Å². The van der Waals surface area contributed by atoms with Gasteiger partial charge in [0.15, 0.2) is 0 Å². The van der Waals surface area contributed by atoms with Gasteiger partial charge in [0.05, 0.1) is 11.4 Å².